The van der Waals surface area contributed by atoms with Crippen LogP contribution in [0.25, 0.3) is 0 Å². The molecule has 0 unspecified atom stereocenters. The average molecular weight is 325 g/mol. The summed E-state index contributed by atoms with van der Waals surface area (Å²) in [5.41, 5.74) is 1.88. The van der Waals surface area contributed by atoms with Crippen molar-refractivity contribution >= 4 is 34.8 Å². The molecule has 5 nitrogen and oxygen atoms in total. The van der Waals surface area contributed by atoms with Gasteiger partial charge in [-0.05, 0) is 30.3 Å². The van der Waals surface area contributed by atoms with E-state index in [0.717, 1.165) is 11.4 Å². The second-order valence-corrected chi connectivity index (χ2v) is 5.19. The number of aromatic nitrogens is 2. The van der Waals surface area contributed by atoms with Crippen molar-refractivity contribution in [1.82, 2.24) is 9.97 Å². The van der Waals surface area contributed by atoms with E-state index in [1.165, 1.54) is 12.4 Å². The van der Waals surface area contributed by atoms with E-state index >= 15 is 0 Å². The minimum Gasteiger partial charge on any atom is -0.324 e. The molecule has 0 saturated carbocycles. The molecule has 1 aromatic heterocycles. The number of carbonyl (C=O) groups excluding carboxylic acids is 1. The number of hydrogen-bond donors (Lipinski definition) is 2. The third-order valence-electron chi connectivity index (χ3n) is 3.03. The SMILES string of the molecule is O=C(Nc1ccccc1)c1cnc(Nc2cccc(Cl)c2)nc1. The van der Waals surface area contributed by atoms with Gasteiger partial charge in [0.15, 0.2) is 0 Å². The number of hydrogen-bond acceptors (Lipinski definition) is 4. The summed E-state index contributed by atoms with van der Waals surface area (Å²) in [5.74, 6) is 0.133. The van der Waals surface area contributed by atoms with Crippen LogP contribution in [0.4, 0.5) is 17.3 Å². The summed E-state index contributed by atoms with van der Waals surface area (Å²) in [6.45, 7) is 0. The van der Waals surface area contributed by atoms with Crippen LogP contribution in [0, 0.1) is 0 Å². The summed E-state index contributed by atoms with van der Waals surface area (Å²) < 4.78 is 0. The molecule has 0 spiro atoms. The molecule has 6 heteroatoms. The molecule has 0 fully saturated rings. The van der Waals surface area contributed by atoms with E-state index in [9.17, 15) is 4.79 Å². The molecule has 23 heavy (non-hydrogen) atoms. The van der Waals surface area contributed by atoms with E-state index in [2.05, 4.69) is 20.6 Å². The van der Waals surface area contributed by atoms with Crippen LogP contribution in [0.3, 0.4) is 0 Å². The van der Waals surface area contributed by atoms with Crippen LogP contribution in [0.5, 0.6) is 0 Å². The van der Waals surface area contributed by atoms with Crippen molar-refractivity contribution in [2.45, 2.75) is 0 Å². The lowest BCUT2D eigenvalue weighted by Gasteiger charge is -2.07. The molecule has 3 rings (SSSR count). The first-order valence-corrected chi connectivity index (χ1v) is 7.29. The summed E-state index contributed by atoms with van der Waals surface area (Å²) in [6, 6.07) is 16.4. The topological polar surface area (TPSA) is 66.9 Å². The molecule has 0 aliphatic carbocycles. The standard InChI is InChI=1S/C17H13ClN4O/c18-13-5-4-8-15(9-13)22-17-19-10-12(11-20-17)16(23)21-14-6-2-1-3-7-14/h1-11H,(H,21,23)(H,19,20,22). The summed E-state index contributed by atoms with van der Waals surface area (Å²) in [5, 5.41) is 6.42. The summed E-state index contributed by atoms with van der Waals surface area (Å²) in [6.07, 6.45) is 2.94. The van der Waals surface area contributed by atoms with Crippen LogP contribution < -0.4 is 10.6 Å². The first kappa shape index (κ1) is 15.0. The molecule has 0 atom stereocenters. The van der Waals surface area contributed by atoms with Crippen molar-refractivity contribution in [3.63, 3.8) is 0 Å². The lowest BCUT2D eigenvalue weighted by molar-refractivity contribution is 0.102. The number of halogens is 1. The first-order valence-electron chi connectivity index (χ1n) is 6.92. The van der Waals surface area contributed by atoms with E-state index in [1.54, 1.807) is 12.1 Å². The molecular weight excluding hydrogens is 312 g/mol. The fourth-order valence-electron chi connectivity index (χ4n) is 1.93. The van der Waals surface area contributed by atoms with Crippen molar-refractivity contribution < 1.29 is 4.79 Å². The van der Waals surface area contributed by atoms with E-state index in [-0.39, 0.29) is 5.91 Å². The van der Waals surface area contributed by atoms with Gasteiger partial charge in [0, 0.05) is 28.8 Å². The highest BCUT2D eigenvalue weighted by atomic mass is 35.5. The lowest BCUT2D eigenvalue weighted by Crippen LogP contribution is -2.13. The number of benzene rings is 2. The van der Waals surface area contributed by atoms with Gasteiger partial charge in [-0.3, -0.25) is 4.79 Å². The zero-order chi connectivity index (χ0) is 16.1. The van der Waals surface area contributed by atoms with Crippen molar-refractivity contribution in [2.75, 3.05) is 10.6 Å². The average Bonchev–Trinajstić information content (AvgIpc) is 2.56. The minimum atomic E-state index is -0.259. The van der Waals surface area contributed by atoms with Crippen LogP contribution in [-0.2, 0) is 0 Å². The molecule has 0 aliphatic heterocycles. The Balaban J connectivity index is 1.68. The predicted molar refractivity (Wildman–Crippen MR) is 91.2 cm³/mol. The highest BCUT2D eigenvalue weighted by molar-refractivity contribution is 6.30. The van der Waals surface area contributed by atoms with Crippen LogP contribution >= 0.6 is 11.6 Å². The Morgan fingerprint density at radius 2 is 1.61 bits per heavy atom. The Labute approximate surface area is 138 Å². The van der Waals surface area contributed by atoms with Crippen molar-refractivity contribution in [3.8, 4) is 0 Å². The van der Waals surface area contributed by atoms with Crippen LogP contribution in [0.15, 0.2) is 67.0 Å². The van der Waals surface area contributed by atoms with E-state index in [4.69, 9.17) is 11.6 Å². The van der Waals surface area contributed by atoms with Crippen LogP contribution in [0.1, 0.15) is 10.4 Å². The van der Waals surface area contributed by atoms with Crippen LogP contribution in [0.2, 0.25) is 5.02 Å². The summed E-state index contributed by atoms with van der Waals surface area (Å²) in [7, 11) is 0. The Bertz CT molecular complexity index is 806. The highest BCUT2D eigenvalue weighted by Crippen LogP contribution is 2.17. The van der Waals surface area contributed by atoms with Gasteiger partial charge < -0.3 is 10.6 Å². The van der Waals surface area contributed by atoms with Gasteiger partial charge in [0.25, 0.3) is 5.91 Å². The Kier molecular flexibility index (Phi) is 4.49. The van der Waals surface area contributed by atoms with Gasteiger partial charge in [0.1, 0.15) is 0 Å². The zero-order valence-corrected chi connectivity index (χ0v) is 12.8. The maximum atomic E-state index is 12.1. The normalized spacial score (nSPS) is 10.1. The quantitative estimate of drug-likeness (QED) is 0.757. The third-order valence-corrected chi connectivity index (χ3v) is 3.26. The summed E-state index contributed by atoms with van der Waals surface area (Å²) in [4.78, 5) is 20.4. The largest absolute Gasteiger partial charge is 0.324 e. The highest BCUT2D eigenvalue weighted by Gasteiger charge is 2.07. The molecule has 0 aliphatic rings. The molecule has 2 N–H and O–H groups in total. The summed E-state index contributed by atoms with van der Waals surface area (Å²) >= 11 is 5.92. The molecular formula is C17H13ClN4O. The first-order chi connectivity index (χ1) is 11.2. The third kappa shape index (κ3) is 4.05. The number of amides is 1. The number of para-hydroxylation sites is 1. The van der Waals surface area contributed by atoms with E-state index in [0.29, 0.717) is 16.5 Å². The van der Waals surface area contributed by atoms with Gasteiger partial charge >= 0.3 is 0 Å². The maximum absolute atomic E-state index is 12.1. The molecule has 114 valence electrons. The Morgan fingerprint density at radius 3 is 2.30 bits per heavy atom. The number of rotatable bonds is 4. The van der Waals surface area contributed by atoms with Gasteiger partial charge in [-0.15, -0.1) is 0 Å². The van der Waals surface area contributed by atoms with E-state index in [1.807, 2.05) is 42.5 Å². The van der Waals surface area contributed by atoms with Crippen molar-refractivity contribution in [2.24, 2.45) is 0 Å². The predicted octanol–water partition coefficient (Wildman–Crippen LogP) is 4.13. The molecule has 1 heterocycles. The zero-order valence-electron chi connectivity index (χ0n) is 12.0. The minimum absolute atomic E-state index is 0.259. The van der Waals surface area contributed by atoms with Crippen molar-refractivity contribution in [3.05, 3.63) is 77.6 Å². The maximum Gasteiger partial charge on any atom is 0.258 e. The van der Waals surface area contributed by atoms with Gasteiger partial charge in [0.2, 0.25) is 5.95 Å². The van der Waals surface area contributed by atoms with Gasteiger partial charge in [0.05, 0.1) is 5.56 Å². The second kappa shape index (κ2) is 6.89. The molecule has 1 amide bonds. The number of carbonyl (C=O) groups is 1. The molecule has 2 aromatic carbocycles. The monoisotopic (exact) mass is 324 g/mol. The lowest BCUT2D eigenvalue weighted by atomic mass is 10.3. The number of anilines is 3. The van der Waals surface area contributed by atoms with Crippen LogP contribution in [-0.4, -0.2) is 15.9 Å². The number of nitrogens with zero attached hydrogens (tertiary/aromatic N) is 2. The van der Waals surface area contributed by atoms with Crippen molar-refractivity contribution in [1.29, 1.82) is 0 Å². The fourth-order valence-corrected chi connectivity index (χ4v) is 2.12. The number of nitrogens with one attached hydrogen (secondary N) is 2. The Hall–Kier alpha value is -2.92. The molecule has 3 aromatic rings. The van der Waals surface area contributed by atoms with E-state index < -0.39 is 0 Å². The molecule has 0 radical (unpaired) electrons. The second-order valence-electron chi connectivity index (χ2n) is 4.75. The van der Waals surface area contributed by atoms with Gasteiger partial charge in [-0.1, -0.05) is 35.9 Å². The fraction of sp³-hybridized carbons (Fsp3) is 0. The molecule has 0 bridgehead atoms. The van der Waals surface area contributed by atoms with Gasteiger partial charge in [-0.25, -0.2) is 9.97 Å². The smallest absolute Gasteiger partial charge is 0.258 e. The van der Waals surface area contributed by atoms with Gasteiger partial charge in [-0.2, -0.15) is 0 Å². The Morgan fingerprint density at radius 1 is 0.913 bits per heavy atom. The molecule has 0 saturated heterocycles.